The van der Waals surface area contributed by atoms with Crippen LogP contribution in [0.15, 0.2) is 5.38 Å². The van der Waals surface area contributed by atoms with E-state index in [1.165, 1.54) is 0 Å². The van der Waals surface area contributed by atoms with Gasteiger partial charge in [-0.25, -0.2) is 4.79 Å². The standard InChI is InChI=1S/C10H12ClNO4S/c1-5-4-17-8(7(5)11)9(14)12-6(2-3-13)10(15)16/h4,6,13H,2-3H2,1H3,(H,12,14)(H,15,16). The molecule has 0 aliphatic heterocycles. The summed E-state index contributed by atoms with van der Waals surface area (Å²) in [5.74, 6) is -1.72. The first-order valence-corrected chi connectivity index (χ1v) is 6.11. The summed E-state index contributed by atoms with van der Waals surface area (Å²) >= 11 is 7.05. The molecule has 1 aromatic rings. The van der Waals surface area contributed by atoms with Crippen molar-refractivity contribution >= 4 is 34.8 Å². The van der Waals surface area contributed by atoms with E-state index >= 15 is 0 Å². The van der Waals surface area contributed by atoms with Crippen molar-refractivity contribution < 1.29 is 19.8 Å². The number of hydrogen-bond donors (Lipinski definition) is 3. The number of carbonyl (C=O) groups excluding carboxylic acids is 1. The number of aliphatic hydroxyl groups excluding tert-OH is 1. The van der Waals surface area contributed by atoms with E-state index in [1.54, 1.807) is 12.3 Å². The van der Waals surface area contributed by atoms with Gasteiger partial charge in [-0.2, -0.15) is 0 Å². The molecule has 0 radical (unpaired) electrons. The second-order valence-corrected chi connectivity index (χ2v) is 4.70. The zero-order valence-electron chi connectivity index (χ0n) is 9.07. The van der Waals surface area contributed by atoms with E-state index in [0.29, 0.717) is 5.02 Å². The van der Waals surface area contributed by atoms with Crippen molar-refractivity contribution in [1.29, 1.82) is 0 Å². The highest BCUT2D eigenvalue weighted by atomic mass is 35.5. The van der Waals surface area contributed by atoms with Gasteiger partial charge in [0, 0.05) is 13.0 Å². The Hall–Kier alpha value is -1.11. The monoisotopic (exact) mass is 277 g/mol. The van der Waals surface area contributed by atoms with Crippen molar-refractivity contribution in [1.82, 2.24) is 5.32 Å². The van der Waals surface area contributed by atoms with Crippen LogP contribution in [0, 0.1) is 6.92 Å². The van der Waals surface area contributed by atoms with Crippen molar-refractivity contribution in [2.75, 3.05) is 6.61 Å². The van der Waals surface area contributed by atoms with E-state index in [1.807, 2.05) is 0 Å². The van der Waals surface area contributed by atoms with E-state index in [0.717, 1.165) is 16.9 Å². The van der Waals surface area contributed by atoms with Crippen LogP contribution >= 0.6 is 22.9 Å². The van der Waals surface area contributed by atoms with Gasteiger partial charge >= 0.3 is 5.97 Å². The van der Waals surface area contributed by atoms with Gasteiger partial charge in [-0.15, -0.1) is 11.3 Å². The lowest BCUT2D eigenvalue weighted by molar-refractivity contribution is -0.139. The number of aryl methyl sites for hydroxylation is 1. The second-order valence-electron chi connectivity index (χ2n) is 3.44. The molecule has 5 nitrogen and oxygen atoms in total. The Bertz CT molecular complexity index is 432. The number of carboxylic acid groups (broad SMARTS) is 1. The summed E-state index contributed by atoms with van der Waals surface area (Å²) in [5, 5.41) is 21.9. The minimum Gasteiger partial charge on any atom is -0.480 e. The average molecular weight is 278 g/mol. The number of hydrogen-bond acceptors (Lipinski definition) is 4. The number of aliphatic hydroxyl groups is 1. The number of rotatable bonds is 5. The van der Waals surface area contributed by atoms with Crippen molar-refractivity contribution in [2.24, 2.45) is 0 Å². The minimum atomic E-state index is -1.18. The molecule has 17 heavy (non-hydrogen) atoms. The number of nitrogens with one attached hydrogen (secondary N) is 1. The quantitative estimate of drug-likeness (QED) is 0.757. The largest absolute Gasteiger partial charge is 0.480 e. The Morgan fingerprint density at radius 2 is 2.24 bits per heavy atom. The first-order valence-electron chi connectivity index (χ1n) is 4.85. The first kappa shape index (κ1) is 14.0. The van der Waals surface area contributed by atoms with Crippen molar-refractivity contribution in [3.8, 4) is 0 Å². The Morgan fingerprint density at radius 1 is 1.59 bits per heavy atom. The molecule has 7 heteroatoms. The zero-order chi connectivity index (χ0) is 13.0. The van der Waals surface area contributed by atoms with Crippen molar-refractivity contribution in [2.45, 2.75) is 19.4 Å². The highest BCUT2D eigenvalue weighted by molar-refractivity contribution is 7.13. The second kappa shape index (κ2) is 6.00. The van der Waals surface area contributed by atoms with Crippen LogP contribution in [-0.4, -0.2) is 34.7 Å². The van der Waals surface area contributed by atoms with E-state index in [2.05, 4.69) is 5.32 Å². The predicted octanol–water partition coefficient (Wildman–Crippen LogP) is 1.28. The summed E-state index contributed by atoms with van der Waals surface area (Å²) in [7, 11) is 0. The summed E-state index contributed by atoms with van der Waals surface area (Å²) in [6.07, 6.45) is -0.0386. The molecule has 0 saturated heterocycles. The molecular weight excluding hydrogens is 266 g/mol. The molecule has 1 aromatic heterocycles. The third kappa shape index (κ3) is 3.42. The number of halogens is 1. The van der Waals surface area contributed by atoms with Crippen LogP contribution < -0.4 is 5.32 Å². The van der Waals surface area contributed by atoms with Gasteiger partial charge in [0.1, 0.15) is 10.9 Å². The van der Waals surface area contributed by atoms with Gasteiger partial charge in [0.15, 0.2) is 0 Å². The normalized spacial score (nSPS) is 12.2. The van der Waals surface area contributed by atoms with Gasteiger partial charge in [-0.3, -0.25) is 4.79 Å². The molecule has 3 N–H and O–H groups in total. The maximum atomic E-state index is 11.7. The molecule has 1 amide bonds. The molecule has 1 heterocycles. The van der Waals surface area contributed by atoms with Crippen LogP contribution in [-0.2, 0) is 4.79 Å². The van der Waals surface area contributed by atoms with Gasteiger partial charge in [0.2, 0.25) is 0 Å². The highest BCUT2D eigenvalue weighted by Crippen LogP contribution is 2.26. The van der Waals surface area contributed by atoms with E-state index in [4.69, 9.17) is 21.8 Å². The molecule has 0 aliphatic rings. The van der Waals surface area contributed by atoms with Crippen LogP contribution in [0.25, 0.3) is 0 Å². The van der Waals surface area contributed by atoms with Gasteiger partial charge in [0.25, 0.3) is 5.91 Å². The molecule has 0 aromatic carbocycles. The maximum Gasteiger partial charge on any atom is 0.326 e. The molecule has 1 unspecified atom stereocenters. The number of aliphatic carboxylic acids is 1. The summed E-state index contributed by atoms with van der Waals surface area (Å²) in [5.41, 5.74) is 0.774. The van der Waals surface area contributed by atoms with Gasteiger partial charge in [0.05, 0.1) is 5.02 Å². The molecule has 0 saturated carbocycles. The fraction of sp³-hybridized carbons (Fsp3) is 0.400. The fourth-order valence-electron chi connectivity index (χ4n) is 1.19. The Labute approximate surface area is 107 Å². The number of carboxylic acids is 1. The van der Waals surface area contributed by atoms with Crippen LogP contribution in [0.5, 0.6) is 0 Å². The lowest BCUT2D eigenvalue weighted by Gasteiger charge is -2.12. The van der Waals surface area contributed by atoms with E-state index < -0.39 is 17.9 Å². The van der Waals surface area contributed by atoms with Crippen LogP contribution in [0.1, 0.15) is 21.7 Å². The Morgan fingerprint density at radius 3 is 2.65 bits per heavy atom. The fourth-order valence-corrected chi connectivity index (χ4v) is 2.37. The van der Waals surface area contributed by atoms with Gasteiger partial charge < -0.3 is 15.5 Å². The van der Waals surface area contributed by atoms with Crippen molar-refractivity contribution in [3.05, 3.63) is 20.8 Å². The summed E-state index contributed by atoms with van der Waals surface area (Å²) in [6, 6.07) is -1.11. The van der Waals surface area contributed by atoms with Gasteiger partial charge in [-0.05, 0) is 17.9 Å². The lowest BCUT2D eigenvalue weighted by atomic mass is 10.2. The maximum absolute atomic E-state index is 11.7. The SMILES string of the molecule is Cc1csc(C(=O)NC(CCO)C(=O)O)c1Cl. The molecular formula is C10H12ClNO4S. The number of amides is 1. The smallest absolute Gasteiger partial charge is 0.326 e. The molecule has 94 valence electrons. The summed E-state index contributed by atoms with van der Waals surface area (Å²) in [6.45, 7) is 1.45. The molecule has 0 bridgehead atoms. The average Bonchev–Trinajstić information content (AvgIpc) is 2.59. The van der Waals surface area contributed by atoms with Crippen LogP contribution in [0.2, 0.25) is 5.02 Å². The van der Waals surface area contributed by atoms with Crippen LogP contribution in [0.4, 0.5) is 0 Å². The molecule has 1 atom stereocenters. The number of carbonyl (C=O) groups is 2. The zero-order valence-corrected chi connectivity index (χ0v) is 10.6. The molecule has 0 aliphatic carbocycles. The lowest BCUT2D eigenvalue weighted by Crippen LogP contribution is -2.41. The Balaban J connectivity index is 2.77. The first-order chi connectivity index (χ1) is 7.97. The third-order valence-corrected chi connectivity index (χ3v) is 3.82. The third-order valence-electron chi connectivity index (χ3n) is 2.13. The molecule has 0 spiro atoms. The summed E-state index contributed by atoms with van der Waals surface area (Å²) < 4.78 is 0. The topological polar surface area (TPSA) is 86.6 Å². The highest BCUT2D eigenvalue weighted by Gasteiger charge is 2.22. The van der Waals surface area contributed by atoms with Gasteiger partial charge in [-0.1, -0.05) is 11.6 Å². The van der Waals surface area contributed by atoms with E-state index in [9.17, 15) is 9.59 Å². The predicted molar refractivity (Wildman–Crippen MR) is 64.7 cm³/mol. The minimum absolute atomic E-state index is 0.0386. The summed E-state index contributed by atoms with van der Waals surface area (Å²) in [4.78, 5) is 22.8. The van der Waals surface area contributed by atoms with E-state index in [-0.39, 0.29) is 17.9 Å². The van der Waals surface area contributed by atoms with Crippen LogP contribution in [0.3, 0.4) is 0 Å². The molecule has 0 fully saturated rings. The Kier molecular flexibility index (Phi) is 4.92. The van der Waals surface area contributed by atoms with Crippen molar-refractivity contribution in [3.63, 3.8) is 0 Å². The molecule has 1 rings (SSSR count). The number of thiophene rings is 1.